The van der Waals surface area contributed by atoms with Gasteiger partial charge in [0.2, 0.25) is 0 Å². The van der Waals surface area contributed by atoms with Gasteiger partial charge in [0.15, 0.2) is 0 Å². The van der Waals surface area contributed by atoms with Crippen LogP contribution in [-0.2, 0) is 17.5 Å². The van der Waals surface area contributed by atoms with Gasteiger partial charge >= 0.3 is 17.8 Å². The zero-order chi connectivity index (χ0) is 15.1. The van der Waals surface area contributed by atoms with E-state index in [0.717, 1.165) is 18.2 Å². The summed E-state index contributed by atoms with van der Waals surface area (Å²) in [5.41, 5.74) is -4.11. The maximum Gasteiger partial charge on any atom is 0.418 e. The number of hydrogen-bond donors (Lipinski definition) is 2. The van der Waals surface area contributed by atoms with Gasteiger partial charge in [-0.1, -0.05) is 6.07 Å². The third-order valence-corrected chi connectivity index (χ3v) is 2.62. The summed E-state index contributed by atoms with van der Waals surface area (Å²) in [4.78, 5) is 35.9. The van der Waals surface area contributed by atoms with E-state index < -0.39 is 46.4 Å². The summed E-state index contributed by atoms with van der Waals surface area (Å²) < 4.78 is 38.6. The number of carbonyl (C=O) groups is 1. The number of fused-ring (bicyclic) bond motifs is 1. The quantitative estimate of drug-likeness (QED) is 0.854. The maximum absolute atomic E-state index is 12.8. The van der Waals surface area contributed by atoms with E-state index in [1.165, 1.54) is 0 Å². The molecule has 0 aliphatic rings. The van der Waals surface area contributed by atoms with Gasteiger partial charge in [0.25, 0.3) is 5.56 Å². The molecule has 106 valence electrons. The second kappa shape index (κ2) is 4.51. The molecule has 1 heterocycles. The summed E-state index contributed by atoms with van der Waals surface area (Å²) in [6.07, 6.45) is -4.74. The SMILES string of the molecule is O=C(O)Cn1c(=O)[nH]c2c(C(F)(F)F)cccc2c1=O. The number of halogens is 3. The number of nitrogens with zero attached hydrogens (tertiary/aromatic N) is 1. The summed E-state index contributed by atoms with van der Waals surface area (Å²) in [5, 5.41) is 8.18. The third-order valence-electron chi connectivity index (χ3n) is 2.62. The Labute approximate surface area is 108 Å². The van der Waals surface area contributed by atoms with Crippen LogP contribution in [0.25, 0.3) is 10.9 Å². The highest BCUT2D eigenvalue weighted by atomic mass is 19.4. The minimum Gasteiger partial charge on any atom is -0.480 e. The average molecular weight is 288 g/mol. The number of rotatable bonds is 2. The lowest BCUT2D eigenvalue weighted by atomic mass is 10.1. The minimum absolute atomic E-state index is 0.324. The Balaban J connectivity index is 2.87. The van der Waals surface area contributed by atoms with Crippen molar-refractivity contribution in [3.63, 3.8) is 0 Å². The molecule has 0 saturated carbocycles. The first kappa shape index (κ1) is 13.8. The second-order valence-electron chi connectivity index (χ2n) is 3.94. The number of aromatic nitrogens is 2. The van der Waals surface area contributed by atoms with Crippen molar-refractivity contribution in [3.05, 3.63) is 44.6 Å². The Morgan fingerprint density at radius 1 is 1.30 bits per heavy atom. The van der Waals surface area contributed by atoms with Gasteiger partial charge in [-0.15, -0.1) is 0 Å². The standard InChI is InChI=1S/C11H7F3N2O4/c12-11(13,14)6-3-1-2-5-8(6)15-10(20)16(9(5)19)4-7(17)18/h1-3H,4H2,(H,15,20)(H,17,18). The van der Waals surface area contributed by atoms with Gasteiger partial charge in [-0.25, -0.2) is 9.36 Å². The van der Waals surface area contributed by atoms with E-state index in [1.54, 1.807) is 0 Å². The first-order valence-corrected chi connectivity index (χ1v) is 5.26. The monoisotopic (exact) mass is 288 g/mol. The normalized spacial score (nSPS) is 11.8. The molecule has 0 spiro atoms. The van der Waals surface area contributed by atoms with Crippen LogP contribution >= 0.6 is 0 Å². The highest BCUT2D eigenvalue weighted by Crippen LogP contribution is 2.32. The largest absolute Gasteiger partial charge is 0.480 e. The molecule has 2 aromatic rings. The molecule has 0 aliphatic carbocycles. The van der Waals surface area contributed by atoms with E-state index in [2.05, 4.69) is 0 Å². The van der Waals surface area contributed by atoms with Crippen molar-refractivity contribution in [2.45, 2.75) is 12.7 Å². The van der Waals surface area contributed by atoms with E-state index >= 15 is 0 Å². The van der Waals surface area contributed by atoms with Crippen molar-refractivity contribution in [2.24, 2.45) is 0 Å². The molecule has 0 aliphatic heterocycles. The van der Waals surface area contributed by atoms with E-state index in [1.807, 2.05) is 4.98 Å². The second-order valence-corrected chi connectivity index (χ2v) is 3.94. The van der Waals surface area contributed by atoms with Crippen LogP contribution in [0.1, 0.15) is 5.56 Å². The molecule has 0 atom stereocenters. The Morgan fingerprint density at radius 3 is 2.50 bits per heavy atom. The number of carboxylic acids is 1. The van der Waals surface area contributed by atoms with Crippen molar-refractivity contribution >= 4 is 16.9 Å². The highest BCUT2D eigenvalue weighted by molar-refractivity contribution is 5.81. The molecule has 0 bridgehead atoms. The molecule has 6 nitrogen and oxygen atoms in total. The van der Waals surface area contributed by atoms with Gasteiger partial charge < -0.3 is 10.1 Å². The number of alkyl halides is 3. The Bertz CT molecular complexity index is 804. The van der Waals surface area contributed by atoms with Crippen molar-refractivity contribution in [2.75, 3.05) is 0 Å². The first-order valence-electron chi connectivity index (χ1n) is 5.26. The fourth-order valence-electron chi connectivity index (χ4n) is 1.79. The molecular formula is C11H7F3N2O4. The Morgan fingerprint density at radius 2 is 1.95 bits per heavy atom. The lowest BCUT2D eigenvalue weighted by molar-refractivity contribution is -0.138. The van der Waals surface area contributed by atoms with Gasteiger partial charge in [-0.3, -0.25) is 9.59 Å². The van der Waals surface area contributed by atoms with Gasteiger partial charge in [0, 0.05) is 0 Å². The predicted octanol–water partition coefficient (Wildman–Crippen LogP) is 0.793. The van der Waals surface area contributed by atoms with Gasteiger partial charge in [-0.05, 0) is 12.1 Å². The number of para-hydroxylation sites is 1. The van der Waals surface area contributed by atoms with Crippen LogP contribution in [0.4, 0.5) is 13.2 Å². The van der Waals surface area contributed by atoms with Crippen molar-refractivity contribution in [1.82, 2.24) is 9.55 Å². The van der Waals surface area contributed by atoms with E-state index in [4.69, 9.17) is 5.11 Å². The average Bonchev–Trinajstić information content (AvgIpc) is 2.32. The number of hydrogen-bond acceptors (Lipinski definition) is 3. The zero-order valence-electron chi connectivity index (χ0n) is 9.69. The Kier molecular flexibility index (Phi) is 3.12. The summed E-state index contributed by atoms with van der Waals surface area (Å²) in [7, 11) is 0. The summed E-state index contributed by atoms with van der Waals surface area (Å²) >= 11 is 0. The number of benzene rings is 1. The molecule has 0 amide bonds. The van der Waals surface area contributed by atoms with Crippen LogP contribution in [-0.4, -0.2) is 20.6 Å². The summed E-state index contributed by atoms with van der Waals surface area (Å²) in [6, 6.07) is 2.82. The smallest absolute Gasteiger partial charge is 0.418 e. The number of nitrogens with one attached hydrogen (secondary N) is 1. The molecule has 0 unspecified atom stereocenters. The molecule has 20 heavy (non-hydrogen) atoms. The highest BCUT2D eigenvalue weighted by Gasteiger charge is 2.33. The minimum atomic E-state index is -4.74. The van der Waals surface area contributed by atoms with Crippen LogP contribution < -0.4 is 11.2 Å². The number of aromatic amines is 1. The van der Waals surface area contributed by atoms with Crippen molar-refractivity contribution in [1.29, 1.82) is 0 Å². The fraction of sp³-hybridized carbons (Fsp3) is 0.182. The van der Waals surface area contributed by atoms with Crippen LogP contribution in [0.15, 0.2) is 27.8 Å². The van der Waals surface area contributed by atoms with E-state index in [0.29, 0.717) is 4.57 Å². The lowest BCUT2D eigenvalue weighted by Gasteiger charge is -2.10. The molecule has 0 radical (unpaired) electrons. The van der Waals surface area contributed by atoms with Crippen molar-refractivity contribution < 1.29 is 23.1 Å². The number of aliphatic carboxylic acids is 1. The third kappa shape index (κ3) is 2.29. The van der Waals surface area contributed by atoms with Crippen LogP contribution in [0.5, 0.6) is 0 Å². The molecule has 1 aromatic carbocycles. The maximum atomic E-state index is 12.8. The topological polar surface area (TPSA) is 92.2 Å². The summed E-state index contributed by atoms with van der Waals surface area (Å²) in [6.45, 7) is -0.930. The first-order chi connectivity index (χ1) is 9.21. The van der Waals surface area contributed by atoms with E-state index in [9.17, 15) is 27.6 Å². The molecule has 0 saturated heterocycles. The number of H-pyrrole nitrogens is 1. The van der Waals surface area contributed by atoms with Crippen LogP contribution in [0.3, 0.4) is 0 Å². The molecular weight excluding hydrogens is 281 g/mol. The van der Waals surface area contributed by atoms with Crippen LogP contribution in [0.2, 0.25) is 0 Å². The van der Waals surface area contributed by atoms with E-state index in [-0.39, 0.29) is 0 Å². The lowest BCUT2D eigenvalue weighted by Crippen LogP contribution is -2.37. The van der Waals surface area contributed by atoms with Crippen molar-refractivity contribution in [3.8, 4) is 0 Å². The molecule has 2 rings (SSSR count). The molecule has 1 aromatic heterocycles. The Hall–Kier alpha value is -2.58. The summed E-state index contributed by atoms with van der Waals surface area (Å²) in [5.74, 6) is -1.45. The van der Waals surface area contributed by atoms with Crippen LogP contribution in [0, 0.1) is 0 Å². The van der Waals surface area contributed by atoms with Gasteiger partial charge in [0.1, 0.15) is 6.54 Å². The molecule has 2 N–H and O–H groups in total. The zero-order valence-corrected chi connectivity index (χ0v) is 9.69. The number of carboxylic acid groups (broad SMARTS) is 1. The predicted molar refractivity (Wildman–Crippen MR) is 61.5 cm³/mol. The molecule has 0 fully saturated rings. The van der Waals surface area contributed by atoms with Gasteiger partial charge in [0.05, 0.1) is 16.5 Å². The van der Waals surface area contributed by atoms with Gasteiger partial charge in [-0.2, -0.15) is 13.2 Å². The fourth-order valence-corrected chi connectivity index (χ4v) is 1.79. The molecule has 9 heteroatoms.